The fraction of sp³-hybridized carbons (Fsp3) is 1.00. The second-order valence-corrected chi connectivity index (χ2v) is 3.11. The molecular weight excluding hydrogens is 279 g/mol. The van der Waals surface area contributed by atoms with Crippen LogP contribution in [-0.4, -0.2) is 25.1 Å². The lowest BCUT2D eigenvalue weighted by Crippen LogP contribution is -2.37. The molecule has 0 saturated carbocycles. The van der Waals surface area contributed by atoms with Crippen molar-refractivity contribution in [2.45, 2.75) is 18.5 Å². The summed E-state index contributed by atoms with van der Waals surface area (Å²) in [6.07, 6.45) is -17.1. The van der Waals surface area contributed by atoms with Gasteiger partial charge >= 0.3 is 26.7 Å². The molecule has 0 aromatic carbocycles. The summed E-state index contributed by atoms with van der Waals surface area (Å²) in [5, 5.41) is 0. The van der Waals surface area contributed by atoms with Gasteiger partial charge in [-0.1, -0.05) is 0 Å². The molecule has 96 valence electrons. The lowest BCUT2D eigenvalue weighted by Gasteiger charge is -2.12. The van der Waals surface area contributed by atoms with E-state index < -0.39 is 33.3 Å². The second kappa shape index (κ2) is 4.76. The summed E-state index contributed by atoms with van der Waals surface area (Å²) in [6, 6.07) is 0. The number of halogens is 8. The summed E-state index contributed by atoms with van der Waals surface area (Å²) in [5.41, 5.74) is 0. The van der Waals surface area contributed by atoms with Crippen LogP contribution in [0.2, 0.25) is 0 Å². The van der Waals surface area contributed by atoms with Gasteiger partial charge in [0, 0.05) is 4.57 Å². The lowest BCUT2D eigenvalue weighted by molar-refractivity contribution is -0.361. The average molecular weight is 281 g/mol. The molecule has 0 radical (unpaired) electrons. The van der Waals surface area contributed by atoms with E-state index in [0.717, 1.165) is 0 Å². The molecule has 0 aromatic heterocycles. The molecule has 0 heterocycles. The SMILES string of the molecule is O=[P+](OCC(F)(F)F)OC(F)(F)C(F)(F)F. The first kappa shape index (κ1) is 15.5. The Bertz CT molecular complexity index is 257. The van der Waals surface area contributed by atoms with Crippen LogP contribution in [0.25, 0.3) is 0 Å². The summed E-state index contributed by atoms with van der Waals surface area (Å²) in [5.74, 6) is 0. The van der Waals surface area contributed by atoms with E-state index in [4.69, 9.17) is 0 Å². The second-order valence-electron chi connectivity index (χ2n) is 2.22. The smallest absolute Gasteiger partial charge is 0.168 e. The van der Waals surface area contributed by atoms with Crippen LogP contribution in [0.3, 0.4) is 0 Å². The Hall–Kier alpha value is -0.540. The van der Waals surface area contributed by atoms with Gasteiger partial charge < -0.3 is 0 Å². The Morgan fingerprint density at radius 2 is 1.38 bits per heavy atom. The van der Waals surface area contributed by atoms with Crippen molar-refractivity contribution < 1.29 is 48.7 Å². The topological polar surface area (TPSA) is 35.5 Å². The molecule has 0 fully saturated rings. The van der Waals surface area contributed by atoms with Crippen molar-refractivity contribution in [2.75, 3.05) is 6.61 Å². The van der Waals surface area contributed by atoms with Crippen molar-refractivity contribution in [3.8, 4) is 0 Å². The molecule has 1 unspecified atom stereocenters. The van der Waals surface area contributed by atoms with E-state index in [2.05, 4.69) is 9.05 Å². The summed E-state index contributed by atoms with van der Waals surface area (Å²) in [4.78, 5) is 0. The average Bonchev–Trinajstić information content (AvgIpc) is 1.96. The minimum atomic E-state index is -6.19. The standard InChI is InChI=1S/C4H2F8O3P/c5-2(6,7)1-14-16(13)15-4(11,12)3(8,9)10/h1H2/q+1. The van der Waals surface area contributed by atoms with E-state index in [0.29, 0.717) is 0 Å². The highest BCUT2D eigenvalue weighted by atomic mass is 31.1. The van der Waals surface area contributed by atoms with E-state index in [1.165, 1.54) is 0 Å². The van der Waals surface area contributed by atoms with Crippen molar-refractivity contribution in [3.63, 3.8) is 0 Å². The van der Waals surface area contributed by atoms with Crippen LogP contribution in [0.15, 0.2) is 0 Å². The number of hydrogen-bond acceptors (Lipinski definition) is 3. The minimum Gasteiger partial charge on any atom is -0.168 e. The van der Waals surface area contributed by atoms with Crippen molar-refractivity contribution >= 4 is 8.25 Å². The third-order valence-electron chi connectivity index (χ3n) is 0.853. The quantitative estimate of drug-likeness (QED) is 0.585. The molecule has 0 bridgehead atoms. The number of rotatable bonds is 4. The van der Waals surface area contributed by atoms with Crippen LogP contribution in [0.1, 0.15) is 0 Å². The molecule has 0 aliphatic rings. The van der Waals surface area contributed by atoms with E-state index in [1.807, 2.05) is 0 Å². The zero-order valence-electron chi connectivity index (χ0n) is 6.90. The van der Waals surface area contributed by atoms with Gasteiger partial charge in [-0.05, 0) is 4.52 Å². The van der Waals surface area contributed by atoms with Crippen molar-refractivity contribution in [2.24, 2.45) is 0 Å². The molecule has 0 N–H and O–H groups in total. The molecule has 0 amide bonds. The largest absolute Gasteiger partial charge is 0.704 e. The number of alkyl halides is 8. The minimum absolute atomic E-state index is 2.27. The van der Waals surface area contributed by atoms with E-state index in [-0.39, 0.29) is 0 Å². The normalized spacial score (nSPS) is 15.1. The Morgan fingerprint density at radius 3 is 1.69 bits per heavy atom. The van der Waals surface area contributed by atoms with E-state index in [9.17, 15) is 39.7 Å². The van der Waals surface area contributed by atoms with Crippen LogP contribution < -0.4 is 0 Å². The maximum atomic E-state index is 11.9. The molecule has 0 aliphatic carbocycles. The molecule has 1 atom stereocenters. The predicted molar refractivity (Wildman–Crippen MR) is 31.7 cm³/mol. The molecule has 16 heavy (non-hydrogen) atoms. The van der Waals surface area contributed by atoms with Crippen molar-refractivity contribution in [1.82, 2.24) is 0 Å². The van der Waals surface area contributed by atoms with Crippen LogP contribution in [0.4, 0.5) is 35.1 Å². The summed E-state index contributed by atoms with van der Waals surface area (Å²) in [7, 11) is -4.24. The highest BCUT2D eigenvalue weighted by molar-refractivity contribution is 7.33. The van der Waals surface area contributed by atoms with Gasteiger partial charge in [-0.2, -0.15) is 35.1 Å². The van der Waals surface area contributed by atoms with Crippen LogP contribution in [0.5, 0.6) is 0 Å². The summed E-state index contributed by atoms with van der Waals surface area (Å²) >= 11 is 0. The molecule has 12 heteroatoms. The predicted octanol–water partition coefficient (Wildman–Crippen LogP) is 3.39. The third kappa shape index (κ3) is 5.52. The van der Waals surface area contributed by atoms with Crippen LogP contribution >= 0.6 is 8.25 Å². The van der Waals surface area contributed by atoms with Crippen molar-refractivity contribution in [3.05, 3.63) is 0 Å². The first-order valence-corrected chi connectivity index (χ1v) is 4.25. The van der Waals surface area contributed by atoms with Gasteiger partial charge in [-0.3, -0.25) is 0 Å². The van der Waals surface area contributed by atoms with E-state index in [1.54, 1.807) is 0 Å². The van der Waals surface area contributed by atoms with Gasteiger partial charge in [0.15, 0.2) is 0 Å². The Balaban J connectivity index is 4.26. The molecule has 0 saturated heterocycles. The Kier molecular flexibility index (Phi) is 4.60. The zero-order valence-corrected chi connectivity index (χ0v) is 7.80. The van der Waals surface area contributed by atoms with Gasteiger partial charge in [0.2, 0.25) is 6.61 Å². The molecule has 0 aromatic rings. The fourth-order valence-electron chi connectivity index (χ4n) is 0.298. The van der Waals surface area contributed by atoms with Gasteiger partial charge in [0.25, 0.3) is 0 Å². The van der Waals surface area contributed by atoms with Gasteiger partial charge in [-0.25, -0.2) is 0 Å². The third-order valence-corrected chi connectivity index (χ3v) is 1.57. The molecule has 0 rings (SSSR count). The Labute approximate surface area is 83.3 Å². The monoisotopic (exact) mass is 281 g/mol. The fourth-order valence-corrected chi connectivity index (χ4v) is 0.893. The maximum Gasteiger partial charge on any atom is 0.704 e. The highest BCUT2D eigenvalue weighted by Crippen LogP contribution is 2.44. The van der Waals surface area contributed by atoms with Gasteiger partial charge in [0.1, 0.15) is 0 Å². The van der Waals surface area contributed by atoms with Crippen molar-refractivity contribution in [1.29, 1.82) is 0 Å². The molecule has 0 aliphatic heterocycles. The number of hydrogen-bond donors (Lipinski definition) is 0. The Morgan fingerprint density at radius 1 is 0.938 bits per heavy atom. The molecule has 0 spiro atoms. The first-order chi connectivity index (χ1) is 6.85. The highest BCUT2D eigenvalue weighted by Gasteiger charge is 2.65. The van der Waals surface area contributed by atoms with Crippen LogP contribution in [-0.2, 0) is 13.6 Å². The summed E-state index contributed by atoms with van der Waals surface area (Å²) in [6.45, 7) is -2.27. The molecular formula is C4H2F8O3P+. The van der Waals surface area contributed by atoms with Gasteiger partial charge in [0.05, 0.1) is 0 Å². The van der Waals surface area contributed by atoms with E-state index >= 15 is 0 Å². The van der Waals surface area contributed by atoms with Crippen LogP contribution in [0, 0.1) is 0 Å². The zero-order chi connectivity index (χ0) is 13.2. The van der Waals surface area contributed by atoms with Gasteiger partial charge in [-0.15, -0.1) is 4.52 Å². The lowest BCUT2D eigenvalue weighted by atomic mass is 10.6. The first-order valence-electron chi connectivity index (χ1n) is 3.16. The summed E-state index contributed by atoms with van der Waals surface area (Å²) < 4.78 is 108. The molecule has 3 nitrogen and oxygen atoms in total. The maximum absolute atomic E-state index is 11.9.